The number of amides is 1. The molecule has 0 atom stereocenters. The monoisotopic (exact) mass is 484 g/mol. The Balaban J connectivity index is 2.27. The van der Waals surface area contributed by atoms with E-state index in [1.165, 1.54) is 12.1 Å². The van der Waals surface area contributed by atoms with E-state index in [0.717, 1.165) is 22.7 Å². The van der Waals surface area contributed by atoms with Gasteiger partial charge < -0.3 is 5.32 Å². The Bertz CT molecular complexity index is 968. The molecule has 5 nitrogen and oxygen atoms in total. The van der Waals surface area contributed by atoms with E-state index in [4.69, 9.17) is 11.6 Å². The summed E-state index contributed by atoms with van der Waals surface area (Å²) in [6.45, 7) is -0.637. The van der Waals surface area contributed by atoms with E-state index in [-0.39, 0.29) is 16.4 Å². The highest BCUT2D eigenvalue weighted by atomic mass is 79.9. The molecule has 0 unspecified atom stereocenters. The maximum absolute atomic E-state index is 12.8. The van der Waals surface area contributed by atoms with Crippen molar-refractivity contribution >= 4 is 54.8 Å². The van der Waals surface area contributed by atoms with Gasteiger partial charge in [0, 0.05) is 4.47 Å². The first-order valence-corrected chi connectivity index (χ1v) is 10.3. The lowest BCUT2D eigenvalue weighted by Gasteiger charge is -2.22. The van der Waals surface area contributed by atoms with Gasteiger partial charge in [-0.25, -0.2) is 8.42 Å². The van der Waals surface area contributed by atoms with Crippen molar-refractivity contribution in [3.8, 4) is 0 Å². The zero-order chi connectivity index (χ0) is 20.4. The van der Waals surface area contributed by atoms with Gasteiger partial charge in [-0.1, -0.05) is 33.6 Å². The number of carbonyl (C=O) groups is 1. The third-order valence-corrected chi connectivity index (χ3v) is 5.31. The lowest BCUT2D eigenvalue weighted by molar-refractivity contribution is -0.137. The van der Waals surface area contributed by atoms with Crippen molar-refractivity contribution < 1.29 is 26.4 Å². The van der Waals surface area contributed by atoms with Crippen LogP contribution in [0.1, 0.15) is 5.56 Å². The fraction of sp³-hybridized carbons (Fsp3) is 0.188. The van der Waals surface area contributed by atoms with E-state index in [2.05, 4.69) is 21.2 Å². The molecule has 1 amide bonds. The number of benzene rings is 2. The van der Waals surface area contributed by atoms with Crippen LogP contribution in [0.25, 0.3) is 0 Å². The first kappa shape index (κ1) is 21.5. The standard InChI is InChI=1S/C16H13BrClF3N2O3S/c1-27(25,26)23(12-4-2-3-11(17)8-12)9-15(24)22-14-7-10(16(19,20)21)5-6-13(14)18/h2-8H,9H2,1H3,(H,22,24). The summed E-state index contributed by atoms with van der Waals surface area (Å²) >= 11 is 9.04. The maximum atomic E-state index is 12.8. The summed E-state index contributed by atoms with van der Waals surface area (Å²) in [6, 6.07) is 8.70. The van der Waals surface area contributed by atoms with Crippen molar-refractivity contribution in [1.29, 1.82) is 0 Å². The van der Waals surface area contributed by atoms with Gasteiger partial charge in [0.15, 0.2) is 0 Å². The smallest absolute Gasteiger partial charge is 0.323 e. The second-order valence-corrected chi connectivity index (χ2v) is 8.72. The third-order valence-electron chi connectivity index (χ3n) is 3.35. The second-order valence-electron chi connectivity index (χ2n) is 5.49. The zero-order valence-corrected chi connectivity index (χ0v) is 16.9. The Morgan fingerprint density at radius 3 is 2.44 bits per heavy atom. The highest BCUT2D eigenvalue weighted by Gasteiger charge is 2.31. The molecule has 0 aromatic heterocycles. The Morgan fingerprint density at radius 2 is 1.89 bits per heavy atom. The number of nitrogens with zero attached hydrogens (tertiary/aromatic N) is 1. The Hall–Kier alpha value is -1.78. The summed E-state index contributed by atoms with van der Waals surface area (Å²) in [5.41, 5.74) is -1.04. The van der Waals surface area contributed by atoms with Gasteiger partial charge in [-0.3, -0.25) is 9.10 Å². The molecule has 0 aliphatic heterocycles. The summed E-state index contributed by atoms with van der Waals surface area (Å²) in [5.74, 6) is -0.846. The van der Waals surface area contributed by atoms with E-state index >= 15 is 0 Å². The largest absolute Gasteiger partial charge is 0.416 e. The maximum Gasteiger partial charge on any atom is 0.416 e. The first-order valence-electron chi connectivity index (χ1n) is 7.28. The zero-order valence-electron chi connectivity index (χ0n) is 13.7. The van der Waals surface area contributed by atoms with Crippen LogP contribution in [0.5, 0.6) is 0 Å². The fourth-order valence-corrected chi connectivity index (χ4v) is 3.55. The molecule has 2 aromatic carbocycles. The van der Waals surface area contributed by atoms with Crippen LogP contribution in [-0.2, 0) is 21.0 Å². The van der Waals surface area contributed by atoms with E-state index in [1.54, 1.807) is 12.1 Å². The van der Waals surface area contributed by atoms with E-state index < -0.39 is 34.2 Å². The Morgan fingerprint density at radius 1 is 1.22 bits per heavy atom. The SMILES string of the molecule is CS(=O)(=O)N(CC(=O)Nc1cc(C(F)(F)F)ccc1Cl)c1cccc(Br)c1. The van der Waals surface area contributed by atoms with Gasteiger partial charge in [0.1, 0.15) is 6.54 Å². The first-order chi connectivity index (χ1) is 12.4. The molecular weight excluding hydrogens is 473 g/mol. The number of anilines is 2. The molecule has 0 radical (unpaired) electrons. The predicted molar refractivity (Wildman–Crippen MR) is 101 cm³/mol. The molecule has 0 fully saturated rings. The second kappa shape index (κ2) is 8.07. The minimum atomic E-state index is -4.61. The molecule has 2 aromatic rings. The van der Waals surface area contributed by atoms with Crippen LogP contribution in [0.4, 0.5) is 24.5 Å². The fourth-order valence-electron chi connectivity index (χ4n) is 2.15. The van der Waals surface area contributed by atoms with Crippen LogP contribution >= 0.6 is 27.5 Å². The molecule has 0 saturated carbocycles. The molecule has 0 bridgehead atoms. The molecule has 0 saturated heterocycles. The third kappa shape index (κ3) is 5.85. The van der Waals surface area contributed by atoms with Crippen LogP contribution in [0.2, 0.25) is 5.02 Å². The lowest BCUT2D eigenvalue weighted by Crippen LogP contribution is -2.37. The van der Waals surface area contributed by atoms with Crippen LogP contribution in [0.3, 0.4) is 0 Å². The Kier molecular flexibility index (Phi) is 6.43. The van der Waals surface area contributed by atoms with Gasteiger partial charge in [0.05, 0.1) is 28.2 Å². The van der Waals surface area contributed by atoms with E-state index in [9.17, 15) is 26.4 Å². The summed E-state index contributed by atoms with van der Waals surface area (Å²) in [5, 5.41) is 2.11. The number of halogens is 5. The lowest BCUT2D eigenvalue weighted by atomic mass is 10.2. The topological polar surface area (TPSA) is 66.5 Å². The van der Waals surface area contributed by atoms with E-state index in [0.29, 0.717) is 10.5 Å². The van der Waals surface area contributed by atoms with Crippen LogP contribution < -0.4 is 9.62 Å². The summed E-state index contributed by atoms with van der Waals surface area (Å²) < 4.78 is 63.9. The normalized spacial score (nSPS) is 11.9. The van der Waals surface area contributed by atoms with Crippen molar-refractivity contribution in [2.45, 2.75) is 6.18 Å². The van der Waals surface area contributed by atoms with Crippen molar-refractivity contribution in [2.24, 2.45) is 0 Å². The molecule has 0 heterocycles. The average molecular weight is 486 g/mol. The number of carbonyl (C=O) groups excluding carboxylic acids is 1. The molecule has 0 aliphatic carbocycles. The van der Waals surface area contributed by atoms with E-state index in [1.807, 2.05) is 0 Å². The van der Waals surface area contributed by atoms with Gasteiger partial charge in [0.2, 0.25) is 15.9 Å². The van der Waals surface area contributed by atoms with Crippen molar-refractivity contribution in [2.75, 3.05) is 22.4 Å². The Labute approximate surface area is 167 Å². The predicted octanol–water partition coefficient (Wildman–Crippen LogP) is 4.53. The van der Waals surface area contributed by atoms with Gasteiger partial charge in [-0.2, -0.15) is 13.2 Å². The molecule has 0 spiro atoms. The minimum absolute atomic E-state index is 0.107. The van der Waals surface area contributed by atoms with Gasteiger partial charge in [0.25, 0.3) is 0 Å². The van der Waals surface area contributed by atoms with Crippen LogP contribution in [0.15, 0.2) is 46.9 Å². The number of hydrogen-bond acceptors (Lipinski definition) is 3. The number of rotatable bonds is 5. The van der Waals surface area contributed by atoms with Crippen molar-refractivity contribution in [3.63, 3.8) is 0 Å². The van der Waals surface area contributed by atoms with Crippen LogP contribution in [-0.4, -0.2) is 27.1 Å². The van der Waals surface area contributed by atoms with Gasteiger partial charge >= 0.3 is 6.18 Å². The quantitative estimate of drug-likeness (QED) is 0.677. The molecule has 0 aliphatic rings. The summed E-state index contributed by atoms with van der Waals surface area (Å²) in [7, 11) is -3.82. The molecule has 11 heteroatoms. The minimum Gasteiger partial charge on any atom is -0.323 e. The number of hydrogen-bond donors (Lipinski definition) is 1. The van der Waals surface area contributed by atoms with Gasteiger partial charge in [-0.05, 0) is 36.4 Å². The highest BCUT2D eigenvalue weighted by molar-refractivity contribution is 9.10. The molecule has 1 N–H and O–H groups in total. The number of alkyl halides is 3. The molecular formula is C16H13BrClF3N2O3S. The van der Waals surface area contributed by atoms with Crippen LogP contribution in [0, 0.1) is 0 Å². The van der Waals surface area contributed by atoms with Gasteiger partial charge in [-0.15, -0.1) is 0 Å². The van der Waals surface area contributed by atoms with Crippen molar-refractivity contribution in [3.05, 3.63) is 57.5 Å². The molecule has 27 heavy (non-hydrogen) atoms. The van der Waals surface area contributed by atoms with Crippen molar-refractivity contribution in [1.82, 2.24) is 0 Å². The summed E-state index contributed by atoms with van der Waals surface area (Å²) in [4.78, 5) is 12.3. The average Bonchev–Trinajstić information content (AvgIpc) is 2.52. The number of nitrogens with one attached hydrogen (secondary N) is 1. The summed E-state index contributed by atoms with van der Waals surface area (Å²) in [6.07, 6.45) is -3.70. The highest BCUT2D eigenvalue weighted by Crippen LogP contribution is 2.34. The molecule has 146 valence electrons. The number of sulfonamides is 1. The molecule has 2 rings (SSSR count).